The fraction of sp³-hybridized carbons (Fsp3) is 0.467. The predicted molar refractivity (Wildman–Crippen MR) is 77.9 cm³/mol. The monoisotopic (exact) mass is 295 g/mol. The molecule has 1 aromatic carbocycles. The Kier molecular flexibility index (Phi) is 6.02. The van der Waals surface area contributed by atoms with E-state index in [1.807, 2.05) is 13.8 Å². The molecular weight excluding hydrogens is 274 g/mol. The summed E-state index contributed by atoms with van der Waals surface area (Å²) in [7, 11) is 1.47. The summed E-state index contributed by atoms with van der Waals surface area (Å²) >= 11 is 0. The minimum Gasteiger partial charge on any atom is -0.497 e. The van der Waals surface area contributed by atoms with E-state index in [1.165, 1.54) is 25.3 Å². The quantitative estimate of drug-likeness (QED) is 0.804. The summed E-state index contributed by atoms with van der Waals surface area (Å²) < 4.78 is 10.5. The van der Waals surface area contributed by atoms with Gasteiger partial charge >= 0.3 is 5.97 Å². The Morgan fingerprint density at radius 2 is 2.00 bits per heavy atom. The Labute approximate surface area is 124 Å². The number of aromatic carboxylic acids is 1. The average molecular weight is 295 g/mol. The fourth-order valence-corrected chi connectivity index (χ4v) is 1.61. The van der Waals surface area contributed by atoms with Crippen molar-refractivity contribution in [3.05, 3.63) is 23.8 Å². The van der Waals surface area contributed by atoms with Crippen LogP contribution in [0, 0.1) is 0 Å². The second-order valence-corrected chi connectivity index (χ2v) is 4.75. The van der Waals surface area contributed by atoms with Crippen LogP contribution in [0.1, 0.15) is 37.6 Å². The van der Waals surface area contributed by atoms with Gasteiger partial charge in [-0.2, -0.15) is 0 Å². The summed E-state index contributed by atoms with van der Waals surface area (Å²) in [4.78, 5) is 23.1. The summed E-state index contributed by atoms with van der Waals surface area (Å²) in [5, 5.41) is 11.9. The zero-order valence-electron chi connectivity index (χ0n) is 12.7. The third-order valence-corrected chi connectivity index (χ3v) is 3.09. The van der Waals surface area contributed by atoms with Gasteiger partial charge in [-0.25, -0.2) is 4.79 Å². The number of hydrogen-bond donors (Lipinski definition) is 2. The van der Waals surface area contributed by atoms with Crippen molar-refractivity contribution in [2.45, 2.75) is 39.3 Å². The molecule has 0 bridgehead atoms. The molecule has 0 aliphatic rings. The third-order valence-electron chi connectivity index (χ3n) is 3.09. The van der Waals surface area contributed by atoms with E-state index in [9.17, 15) is 9.59 Å². The summed E-state index contributed by atoms with van der Waals surface area (Å²) in [6.07, 6.45) is 0.00191. The number of carbonyl (C=O) groups excluding carboxylic acids is 1. The fourth-order valence-electron chi connectivity index (χ4n) is 1.61. The molecule has 2 unspecified atom stereocenters. The normalized spacial score (nSPS) is 13.1. The number of carboxylic acids is 1. The van der Waals surface area contributed by atoms with Gasteiger partial charge in [0.05, 0.1) is 7.11 Å². The smallest absolute Gasteiger partial charge is 0.339 e. The van der Waals surface area contributed by atoms with Gasteiger partial charge in [0.25, 0.3) is 5.91 Å². The topological polar surface area (TPSA) is 84.9 Å². The van der Waals surface area contributed by atoms with Crippen molar-refractivity contribution in [1.29, 1.82) is 0 Å². The summed E-state index contributed by atoms with van der Waals surface area (Å²) in [6.45, 7) is 5.42. The molecule has 6 heteroatoms. The van der Waals surface area contributed by atoms with E-state index in [1.54, 1.807) is 6.92 Å². The summed E-state index contributed by atoms with van der Waals surface area (Å²) in [5.41, 5.74) is -0.0148. The molecule has 6 nitrogen and oxygen atoms in total. The van der Waals surface area contributed by atoms with E-state index in [0.717, 1.165) is 6.42 Å². The molecule has 0 radical (unpaired) electrons. The van der Waals surface area contributed by atoms with E-state index < -0.39 is 12.1 Å². The molecule has 1 rings (SSSR count). The first-order valence-electron chi connectivity index (χ1n) is 6.77. The molecule has 2 atom stereocenters. The largest absolute Gasteiger partial charge is 0.497 e. The lowest BCUT2D eigenvalue weighted by molar-refractivity contribution is -0.127. The molecule has 1 aromatic rings. The van der Waals surface area contributed by atoms with Crippen molar-refractivity contribution in [2.75, 3.05) is 7.11 Å². The van der Waals surface area contributed by atoms with Crippen molar-refractivity contribution < 1.29 is 24.2 Å². The molecule has 1 amide bonds. The molecule has 0 saturated carbocycles. The first kappa shape index (κ1) is 16.8. The number of nitrogens with one attached hydrogen (secondary N) is 1. The van der Waals surface area contributed by atoms with Crippen LogP contribution >= 0.6 is 0 Å². The second-order valence-electron chi connectivity index (χ2n) is 4.75. The van der Waals surface area contributed by atoms with Gasteiger partial charge in [-0.05, 0) is 32.4 Å². The maximum absolute atomic E-state index is 11.9. The molecular formula is C15H21NO5. The number of methoxy groups -OCH3 is 1. The van der Waals surface area contributed by atoms with Gasteiger partial charge in [0, 0.05) is 12.1 Å². The summed E-state index contributed by atoms with van der Waals surface area (Å²) in [5.74, 6) is -0.844. The van der Waals surface area contributed by atoms with Gasteiger partial charge in [-0.3, -0.25) is 4.79 Å². The number of hydrogen-bond acceptors (Lipinski definition) is 4. The molecule has 0 aromatic heterocycles. The van der Waals surface area contributed by atoms with E-state index in [-0.39, 0.29) is 23.3 Å². The Bertz CT molecular complexity index is 515. The van der Waals surface area contributed by atoms with Crippen molar-refractivity contribution in [2.24, 2.45) is 0 Å². The lowest BCUT2D eigenvalue weighted by Crippen LogP contribution is -2.41. The first-order valence-corrected chi connectivity index (χ1v) is 6.77. The van der Waals surface area contributed by atoms with Crippen LogP contribution in [-0.2, 0) is 4.79 Å². The van der Waals surface area contributed by atoms with Crippen LogP contribution in [0.4, 0.5) is 0 Å². The Morgan fingerprint density at radius 1 is 1.33 bits per heavy atom. The van der Waals surface area contributed by atoms with E-state index >= 15 is 0 Å². The maximum Gasteiger partial charge on any atom is 0.339 e. The Hall–Kier alpha value is -2.24. The average Bonchev–Trinajstić information content (AvgIpc) is 2.46. The first-order chi connectivity index (χ1) is 9.88. The van der Waals surface area contributed by atoms with Gasteiger partial charge in [-0.1, -0.05) is 6.92 Å². The van der Waals surface area contributed by atoms with Crippen LogP contribution in [0.5, 0.6) is 11.5 Å². The second kappa shape index (κ2) is 7.52. The Morgan fingerprint density at radius 3 is 2.52 bits per heavy atom. The number of ether oxygens (including phenoxy) is 2. The van der Waals surface area contributed by atoms with Crippen LogP contribution in [0.15, 0.2) is 18.2 Å². The highest BCUT2D eigenvalue weighted by molar-refractivity contribution is 5.91. The molecule has 0 aliphatic heterocycles. The number of rotatable bonds is 7. The molecule has 2 N–H and O–H groups in total. The van der Waals surface area contributed by atoms with Crippen molar-refractivity contribution in [3.8, 4) is 11.5 Å². The highest BCUT2D eigenvalue weighted by Crippen LogP contribution is 2.25. The zero-order chi connectivity index (χ0) is 16.0. The molecule has 0 aliphatic carbocycles. The van der Waals surface area contributed by atoms with Gasteiger partial charge in [0.2, 0.25) is 0 Å². The molecule has 0 saturated heterocycles. The van der Waals surface area contributed by atoms with Gasteiger partial charge in [0.15, 0.2) is 6.10 Å². The number of amides is 1. The van der Waals surface area contributed by atoms with E-state index in [0.29, 0.717) is 5.75 Å². The van der Waals surface area contributed by atoms with Crippen molar-refractivity contribution in [1.82, 2.24) is 5.32 Å². The SMILES string of the molecule is CCC(C)NC(=O)C(C)Oc1cc(OC)ccc1C(=O)O. The molecule has 0 spiro atoms. The molecule has 21 heavy (non-hydrogen) atoms. The van der Waals surface area contributed by atoms with Crippen LogP contribution < -0.4 is 14.8 Å². The van der Waals surface area contributed by atoms with Crippen molar-refractivity contribution in [3.63, 3.8) is 0 Å². The third kappa shape index (κ3) is 4.66. The van der Waals surface area contributed by atoms with E-state index in [2.05, 4.69) is 5.32 Å². The van der Waals surface area contributed by atoms with Crippen LogP contribution in [0.25, 0.3) is 0 Å². The lowest BCUT2D eigenvalue weighted by Gasteiger charge is -2.19. The van der Waals surface area contributed by atoms with Crippen LogP contribution in [0.2, 0.25) is 0 Å². The molecule has 0 fully saturated rings. The molecule has 0 heterocycles. The van der Waals surface area contributed by atoms with Gasteiger partial charge < -0.3 is 19.9 Å². The maximum atomic E-state index is 11.9. The van der Waals surface area contributed by atoms with Gasteiger partial charge in [-0.15, -0.1) is 0 Å². The van der Waals surface area contributed by atoms with Crippen molar-refractivity contribution >= 4 is 11.9 Å². The number of carbonyl (C=O) groups is 2. The number of carboxylic acid groups (broad SMARTS) is 1. The van der Waals surface area contributed by atoms with E-state index in [4.69, 9.17) is 14.6 Å². The number of benzene rings is 1. The van der Waals surface area contributed by atoms with Crippen LogP contribution in [-0.4, -0.2) is 36.2 Å². The van der Waals surface area contributed by atoms with Crippen LogP contribution in [0.3, 0.4) is 0 Å². The minimum atomic E-state index is -1.12. The molecule has 116 valence electrons. The highest BCUT2D eigenvalue weighted by atomic mass is 16.5. The lowest BCUT2D eigenvalue weighted by atomic mass is 10.2. The van der Waals surface area contributed by atoms with Gasteiger partial charge in [0.1, 0.15) is 17.1 Å². The zero-order valence-corrected chi connectivity index (χ0v) is 12.7. The Balaban J connectivity index is 2.89. The standard InChI is InChI=1S/C15H21NO5/c1-5-9(2)16-14(17)10(3)21-13-8-11(20-4)6-7-12(13)15(18)19/h6-10H,5H2,1-4H3,(H,16,17)(H,18,19). The predicted octanol–water partition coefficient (Wildman–Crippen LogP) is 2.08. The minimum absolute atomic E-state index is 0.0148. The highest BCUT2D eigenvalue weighted by Gasteiger charge is 2.20. The summed E-state index contributed by atoms with van der Waals surface area (Å²) in [6, 6.07) is 4.40.